The molecule has 0 heterocycles. The van der Waals surface area contributed by atoms with Gasteiger partial charge in [-0.05, 0) is 37.0 Å². The molecule has 4 nitrogen and oxygen atoms in total. The molecule has 4 atom stereocenters. The minimum atomic E-state index is -4.32. The van der Waals surface area contributed by atoms with Gasteiger partial charge in [0, 0.05) is 0 Å². The van der Waals surface area contributed by atoms with Crippen LogP contribution < -0.4 is 0 Å². The second-order valence-corrected chi connectivity index (χ2v) is 5.81. The summed E-state index contributed by atoms with van der Waals surface area (Å²) in [6.45, 7) is -0.0627. The zero-order valence-corrected chi connectivity index (χ0v) is 9.92. The van der Waals surface area contributed by atoms with Gasteiger partial charge in [-0.1, -0.05) is 6.42 Å². The lowest BCUT2D eigenvalue weighted by Crippen LogP contribution is -2.36. The molecule has 2 rings (SSSR count). The Hall–Kier alpha value is -0.560. The average molecular weight is 268 g/mol. The summed E-state index contributed by atoms with van der Waals surface area (Å²) in [5, 5.41) is -4.32. The third-order valence-electron chi connectivity index (χ3n) is 3.77. The fourth-order valence-electron chi connectivity index (χ4n) is 2.92. The van der Waals surface area contributed by atoms with Gasteiger partial charge in [0.15, 0.2) is 0 Å². The van der Waals surface area contributed by atoms with Crippen molar-refractivity contribution in [1.29, 1.82) is 0 Å². The third kappa shape index (κ3) is 2.49. The Morgan fingerprint density at radius 1 is 1.41 bits per heavy atom. The van der Waals surface area contributed by atoms with E-state index < -0.39 is 22.3 Å². The summed E-state index contributed by atoms with van der Waals surface area (Å²) < 4.78 is 48.5. The summed E-state index contributed by atoms with van der Waals surface area (Å²) in [6.07, 6.45) is 4.23. The molecule has 98 valence electrons. The molecule has 0 aromatic rings. The van der Waals surface area contributed by atoms with Crippen LogP contribution in [0.4, 0.5) is 8.78 Å². The summed E-state index contributed by atoms with van der Waals surface area (Å²) in [5.74, 6) is -0.668. The zero-order chi connectivity index (χ0) is 12.6. The van der Waals surface area contributed by atoms with Crippen LogP contribution in [0.25, 0.3) is 0 Å². The van der Waals surface area contributed by atoms with E-state index in [1.54, 1.807) is 0 Å². The lowest BCUT2D eigenvalue weighted by molar-refractivity contribution is -0.162. The molecular weight excluding hydrogens is 254 g/mol. The third-order valence-corrected chi connectivity index (χ3v) is 4.38. The maximum absolute atomic E-state index is 12.8. The van der Waals surface area contributed by atoms with Crippen molar-refractivity contribution >= 4 is 17.0 Å². The fraction of sp³-hybridized carbons (Fsp3) is 0.900. The number of esters is 1. The molecule has 7 heteroatoms. The van der Waals surface area contributed by atoms with Crippen LogP contribution in [0.1, 0.15) is 25.7 Å². The maximum atomic E-state index is 12.8. The highest BCUT2D eigenvalue weighted by Crippen LogP contribution is 2.48. The number of fused-ring (bicyclic) bond motifs is 2. The highest BCUT2D eigenvalue weighted by molar-refractivity contribution is 7.81. The van der Waals surface area contributed by atoms with Gasteiger partial charge in [0.2, 0.25) is 11.1 Å². The Bertz CT molecular complexity index is 347. The standard InChI is InChI=1S/C10H14F2O4S/c11-10(12,17(14)15)9(13)16-5-8-4-6-1-2-7(8)3-6/h6-8H,1-5H2,(H,14,15). The Morgan fingerprint density at radius 3 is 2.59 bits per heavy atom. The van der Waals surface area contributed by atoms with E-state index in [9.17, 15) is 17.8 Å². The topological polar surface area (TPSA) is 63.6 Å². The van der Waals surface area contributed by atoms with Crippen LogP contribution in [0.2, 0.25) is 0 Å². The maximum Gasteiger partial charge on any atom is 0.439 e. The molecule has 4 unspecified atom stereocenters. The van der Waals surface area contributed by atoms with Crippen molar-refractivity contribution in [2.75, 3.05) is 6.61 Å². The summed E-state index contributed by atoms with van der Waals surface area (Å²) in [4.78, 5) is 10.9. The van der Waals surface area contributed by atoms with Crippen LogP contribution in [0.5, 0.6) is 0 Å². The van der Waals surface area contributed by atoms with Gasteiger partial charge in [-0.2, -0.15) is 8.78 Å². The van der Waals surface area contributed by atoms with E-state index in [4.69, 9.17) is 4.55 Å². The first-order chi connectivity index (χ1) is 7.91. The monoisotopic (exact) mass is 268 g/mol. The molecule has 2 bridgehead atoms. The number of alkyl halides is 2. The Kier molecular flexibility index (Phi) is 3.49. The van der Waals surface area contributed by atoms with Crippen molar-refractivity contribution in [2.45, 2.75) is 30.9 Å². The second-order valence-electron chi connectivity index (χ2n) is 4.80. The van der Waals surface area contributed by atoms with Crippen LogP contribution in [0.3, 0.4) is 0 Å². The predicted octanol–water partition coefficient (Wildman–Crippen LogP) is 1.78. The van der Waals surface area contributed by atoms with Crippen LogP contribution in [-0.4, -0.2) is 26.6 Å². The van der Waals surface area contributed by atoms with Gasteiger partial charge < -0.3 is 9.29 Å². The minimum absolute atomic E-state index is 0.0627. The van der Waals surface area contributed by atoms with Gasteiger partial charge in [-0.15, -0.1) is 0 Å². The molecule has 0 aromatic heterocycles. The number of carbonyl (C=O) groups excluding carboxylic acids is 1. The molecule has 0 amide bonds. The molecule has 0 saturated heterocycles. The SMILES string of the molecule is O=C(OCC1CC2CCC1C2)C(F)(F)S(=O)O. The van der Waals surface area contributed by atoms with Crippen molar-refractivity contribution < 1.29 is 27.1 Å². The molecule has 0 spiro atoms. The second kappa shape index (κ2) is 4.61. The normalized spacial score (nSPS) is 33.7. The Morgan fingerprint density at radius 2 is 2.12 bits per heavy atom. The van der Waals surface area contributed by atoms with Crippen LogP contribution >= 0.6 is 0 Å². The highest BCUT2D eigenvalue weighted by Gasteiger charge is 2.49. The summed E-state index contributed by atoms with van der Waals surface area (Å²) in [7, 11) is 0. The molecule has 17 heavy (non-hydrogen) atoms. The number of hydrogen-bond donors (Lipinski definition) is 1. The van der Waals surface area contributed by atoms with Crippen molar-refractivity contribution in [3.05, 3.63) is 0 Å². The first-order valence-electron chi connectivity index (χ1n) is 5.57. The van der Waals surface area contributed by atoms with Crippen LogP contribution in [0, 0.1) is 17.8 Å². The quantitative estimate of drug-likeness (QED) is 0.623. The number of rotatable bonds is 4. The molecule has 1 N–H and O–H groups in total. The zero-order valence-electron chi connectivity index (χ0n) is 9.10. The molecule has 0 aliphatic heterocycles. The van der Waals surface area contributed by atoms with E-state index in [0.29, 0.717) is 11.8 Å². The molecular formula is C10H14F2O4S. The molecule has 2 fully saturated rings. The van der Waals surface area contributed by atoms with Crippen molar-refractivity contribution in [2.24, 2.45) is 17.8 Å². The Labute approximate surface area is 100.0 Å². The van der Waals surface area contributed by atoms with E-state index in [0.717, 1.165) is 19.3 Å². The van der Waals surface area contributed by atoms with Crippen molar-refractivity contribution in [3.63, 3.8) is 0 Å². The highest BCUT2D eigenvalue weighted by atomic mass is 32.2. The van der Waals surface area contributed by atoms with E-state index in [1.165, 1.54) is 6.42 Å². The van der Waals surface area contributed by atoms with Gasteiger partial charge >= 0.3 is 11.2 Å². The largest absolute Gasteiger partial charge is 0.460 e. The average Bonchev–Trinajstić information content (AvgIpc) is 2.86. The van der Waals surface area contributed by atoms with Gasteiger partial charge in [0.25, 0.3) is 0 Å². The van der Waals surface area contributed by atoms with Gasteiger partial charge in [0.1, 0.15) is 0 Å². The van der Waals surface area contributed by atoms with E-state index in [1.807, 2.05) is 0 Å². The lowest BCUT2D eigenvalue weighted by Gasteiger charge is -2.21. The van der Waals surface area contributed by atoms with E-state index in [2.05, 4.69) is 4.74 Å². The summed E-state index contributed by atoms with van der Waals surface area (Å²) >= 11 is -3.52. The van der Waals surface area contributed by atoms with Crippen molar-refractivity contribution in [1.82, 2.24) is 0 Å². The lowest BCUT2D eigenvalue weighted by atomic mass is 9.90. The fourth-order valence-corrected chi connectivity index (χ4v) is 3.12. The van der Waals surface area contributed by atoms with Crippen molar-refractivity contribution in [3.8, 4) is 0 Å². The number of carbonyl (C=O) groups is 1. The summed E-state index contributed by atoms with van der Waals surface area (Å²) in [6, 6.07) is 0. The summed E-state index contributed by atoms with van der Waals surface area (Å²) in [5.41, 5.74) is 0. The minimum Gasteiger partial charge on any atom is -0.460 e. The van der Waals surface area contributed by atoms with Crippen LogP contribution in [0.15, 0.2) is 0 Å². The number of halogens is 2. The first kappa shape index (κ1) is 12.9. The molecule has 0 radical (unpaired) electrons. The number of ether oxygens (including phenoxy) is 1. The predicted molar refractivity (Wildman–Crippen MR) is 55.6 cm³/mol. The van der Waals surface area contributed by atoms with Gasteiger partial charge in [0.05, 0.1) is 6.61 Å². The number of hydrogen-bond acceptors (Lipinski definition) is 3. The van der Waals surface area contributed by atoms with Gasteiger partial charge in [-0.25, -0.2) is 9.00 Å². The molecule has 2 saturated carbocycles. The van der Waals surface area contributed by atoms with Crippen LogP contribution in [-0.2, 0) is 20.6 Å². The smallest absolute Gasteiger partial charge is 0.439 e. The van der Waals surface area contributed by atoms with E-state index >= 15 is 0 Å². The Balaban J connectivity index is 1.83. The molecule has 2 aliphatic carbocycles. The van der Waals surface area contributed by atoms with Gasteiger partial charge in [-0.3, -0.25) is 0 Å². The van der Waals surface area contributed by atoms with E-state index in [-0.39, 0.29) is 12.5 Å². The first-order valence-corrected chi connectivity index (χ1v) is 6.68. The molecule has 0 aromatic carbocycles. The molecule has 2 aliphatic rings.